The molecule has 0 saturated heterocycles. The highest BCUT2D eigenvalue weighted by Crippen LogP contribution is 2.22. The van der Waals surface area contributed by atoms with Gasteiger partial charge in [0.05, 0.1) is 6.10 Å². The van der Waals surface area contributed by atoms with Crippen molar-refractivity contribution in [2.75, 3.05) is 13.2 Å². The number of aromatic nitrogens is 1. The van der Waals surface area contributed by atoms with E-state index in [1.165, 1.54) is 5.56 Å². The summed E-state index contributed by atoms with van der Waals surface area (Å²) < 4.78 is 11.1. The number of carbonyl (C=O) groups is 1. The maximum absolute atomic E-state index is 12.2. The summed E-state index contributed by atoms with van der Waals surface area (Å²) in [5.74, 6) is 0.779. The summed E-state index contributed by atoms with van der Waals surface area (Å²) in [6.07, 6.45) is 0.978. The molecule has 0 unspecified atom stereocenters. The molecule has 5 nitrogen and oxygen atoms in total. The second-order valence-corrected chi connectivity index (χ2v) is 5.82. The second kappa shape index (κ2) is 7.92. The summed E-state index contributed by atoms with van der Waals surface area (Å²) in [6, 6.07) is 7.85. The smallest absolute Gasteiger partial charge is 0.273 e. The zero-order valence-electron chi connectivity index (χ0n) is 14.2. The van der Waals surface area contributed by atoms with Gasteiger partial charge < -0.3 is 14.5 Å². The van der Waals surface area contributed by atoms with E-state index in [0.717, 1.165) is 12.0 Å². The van der Waals surface area contributed by atoms with Gasteiger partial charge in [-0.05, 0) is 46.2 Å². The molecule has 1 aromatic carbocycles. The van der Waals surface area contributed by atoms with Crippen molar-refractivity contribution in [2.24, 2.45) is 0 Å². The third-order valence-corrected chi connectivity index (χ3v) is 3.37. The van der Waals surface area contributed by atoms with E-state index < -0.39 is 0 Å². The van der Waals surface area contributed by atoms with E-state index in [1.807, 2.05) is 45.0 Å². The highest BCUT2D eigenvalue weighted by molar-refractivity contribution is 5.93. The number of aryl methyl sites for hydroxylation is 2. The predicted molar refractivity (Wildman–Crippen MR) is 89.5 cm³/mol. The standard InChI is InChI=1S/C18H24N2O3/c1-12(2)22-11-5-10-19-17(21)16-14(4)23-18(20-16)15-8-6-13(3)7-9-15/h6-9,12H,5,10-11H2,1-4H3,(H,19,21). The molecule has 124 valence electrons. The third kappa shape index (κ3) is 4.93. The molecule has 2 aromatic rings. The quantitative estimate of drug-likeness (QED) is 0.794. The Morgan fingerprint density at radius 2 is 1.96 bits per heavy atom. The van der Waals surface area contributed by atoms with Gasteiger partial charge >= 0.3 is 0 Å². The van der Waals surface area contributed by atoms with Crippen LogP contribution >= 0.6 is 0 Å². The summed E-state index contributed by atoms with van der Waals surface area (Å²) in [5, 5.41) is 2.85. The average molecular weight is 316 g/mol. The molecule has 0 atom stereocenters. The minimum Gasteiger partial charge on any atom is -0.441 e. The van der Waals surface area contributed by atoms with Crippen LogP contribution in [0, 0.1) is 13.8 Å². The van der Waals surface area contributed by atoms with Crippen LogP contribution in [-0.4, -0.2) is 30.1 Å². The maximum atomic E-state index is 12.2. The minimum atomic E-state index is -0.214. The third-order valence-electron chi connectivity index (χ3n) is 3.37. The number of oxazole rings is 1. The van der Waals surface area contributed by atoms with E-state index in [4.69, 9.17) is 9.15 Å². The molecule has 0 saturated carbocycles. The summed E-state index contributed by atoms with van der Waals surface area (Å²) >= 11 is 0. The largest absolute Gasteiger partial charge is 0.441 e. The highest BCUT2D eigenvalue weighted by Gasteiger charge is 2.17. The first kappa shape index (κ1) is 17.2. The van der Waals surface area contributed by atoms with E-state index >= 15 is 0 Å². The molecule has 0 spiro atoms. The Bertz CT molecular complexity index is 645. The molecule has 1 aromatic heterocycles. The number of hydrogen-bond acceptors (Lipinski definition) is 4. The molecular weight excluding hydrogens is 292 g/mol. The first-order chi connectivity index (χ1) is 11.0. The van der Waals surface area contributed by atoms with E-state index in [9.17, 15) is 4.79 Å². The number of benzene rings is 1. The Morgan fingerprint density at radius 1 is 1.26 bits per heavy atom. The molecule has 23 heavy (non-hydrogen) atoms. The molecule has 0 fully saturated rings. The Kier molecular flexibility index (Phi) is 5.93. The number of carbonyl (C=O) groups excluding carboxylic acids is 1. The van der Waals surface area contributed by atoms with Crippen molar-refractivity contribution in [3.05, 3.63) is 41.3 Å². The first-order valence-corrected chi connectivity index (χ1v) is 7.91. The van der Waals surface area contributed by atoms with Gasteiger partial charge in [0.1, 0.15) is 5.76 Å². The summed E-state index contributed by atoms with van der Waals surface area (Å²) in [7, 11) is 0. The van der Waals surface area contributed by atoms with Gasteiger partial charge in [0, 0.05) is 18.7 Å². The lowest BCUT2D eigenvalue weighted by molar-refractivity contribution is 0.0756. The molecule has 0 bridgehead atoms. The summed E-state index contributed by atoms with van der Waals surface area (Å²) in [5.41, 5.74) is 2.37. The zero-order chi connectivity index (χ0) is 16.8. The number of nitrogens with zero attached hydrogens (tertiary/aromatic N) is 1. The Hall–Kier alpha value is -2.14. The van der Waals surface area contributed by atoms with Gasteiger partial charge in [0.15, 0.2) is 5.69 Å². The highest BCUT2D eigenvalue weighted by atomic mass is 16.5. The van der Waals surface area contributed by atoms with Crippen LogP contribution in [0.2, 0.25) is 0 Å². The first-order valence-electron chi connectivity index (χ1n) is 7.91. The summed E-state index contributed by atoms with van der Waals surface area (Å²) in [4.78, 5) is 16.5. The van der Waals surface area contributed by atoms with E-state index in [2.05, 4.69) is 10.3 Å². The Labute approximate surface area is 137 Å². The second-order valence-electron chi connectivity index (χ2n) is 5.82. The van der Waals surface area contributed by atoms with Crippen molar-refractivity contribution in [1.82, 2.24) is 10.3 Å². The molecule has 5 heteroatoms. The van der Waals surface area contributed by atoms with E-state index in [-0.39, 0.29) is 12.0 Å². The van der Waals surface area contributed by atoms with Gasteiger partial charge in [-0.2, -0.15) is 0 Å². The maximum Gasteiger partial charge on any atom is 0.273 e. The number of nitrogens with one attached hydrogen (secondary N) is 1. The Balaban J connectivity index is 1.95. The lowest BCUT2D eigenvalue weighted by Gasteiger charge is -2.07. The van der Waals surface area contributed by atoms with Crippen molar-refractivity contribution in [3.63, 3.8) is 0 Å². The van der Waals surface area contributed by atoms with Crippen LogP contribution in [0.5, 0.6) is 0 Å². The van der Waals surface area contributed by atoms with Crippen LogP contribution in [0.15, 0.2) is 28.7 Å². The van der Waals surface area contributed by atoms with Crippen LogP contribution in [0.1, 0.15) is 42.1 Å². The molecule has 2 rings (SSSR count). The number of rotatable bonds is 7. The fraction of sp³-hybridized carbons (Fsp3) is 0.444. The van der Waals surface area contributed by atoms with Crippen molar-refractivity contribution in [2.45, 2.75) is 40.2 Å². The molecule has 0 radical (unpaired) electrons. The molecule has 1 N–H and O–H groups in total. The van der Waals surface area contributed by atoms with Gasteiger partial charge in [-0.15, -0.1) is 0 Å². The van der Waals surface area contributed by atoms with Crippen LogP contribution in [0.3, 0.4) is 0 Å². The topological polar surface area (TPSA) is 64.4 Å². The van der Waals surface area contributed by atoms with Gasteiger partial charge in [-0.3, -0.25) is 4.79 Å². The van der Waals surface area contributed by atoms with Gasteiger partial charge in [-0.1, -0.05) is 17.7 Å². The van der Waals surface area contributed by atoms with Crippen LogP contribution < -0.4 is 5.32 Å². The number of amides is 1. The van der Waals surface area contributed by atoms with Gasteiger partial charge in [0.2, 0.25) is 5.89 Å². The fourth-order valence-corrected chi connectivity index (χ4v) is 2.10. The van der Waals surface area contributed by atoms with Crippen molar-refractivity contribution in [1.29, 1.82) is 0 Å². The molecule has 0 aliphatic rings. The molecule has 1 heterocycles. The SMILES string of the molecule is Cc1ccc(-c2nc(C(=O)NCCCOC(C)C)c(C)o2)cc1. The number of ether oxygens (including phenoxy) is 1. The normalized spacial score (nSPS) is 11.0. The molecule has 1 amide bonds. The number of hydrogen-bond donors (Lipinski definition) is 1. The van der Waals surface area contributed by atoms with Crippen molar-refractivity contribution >= 4 is 5.91 Å². The lowest BCUT2D eigenvalue weighted by atomic mass is 10.1. The lowest BCUT2D eigenvalue weighted by Crippen LogP contribution is -2.26. The van der Waals surface area contributed by atoms with E-state index in [0.29, 0.717) is 30.5 Å². The fourth-order valence-electron chi connectivity index (χ4n) is 2.10. The van der Waals surface area contributed by atoms with Gasteiger partial charge in [0.25, 0.3) is 5.91 Å². The van der Waals surface area contributed by atoms with Crippen molar-refractivity contribution < 1.29 is 13.9 Å². The predicted octanol–water partition coefficient (Wildman–Crippen LogP) is 3.50. The monoisotopic (exact) mass is 316 g/mol. The van der Waals surface area contributed by atoms with E-state index in [1.54, 1.807) is 6.92 Å². The van der Waals surface area contributed by atoms with Gasteiger partial charge in [-0.25, -0.2) is 4.98 Å². The molecule has 0 aliphatic carbocycles. The molecule has 0 aliphatic heterocycles. The van der Waals surface area contributed by atoms with Crippen LogP contribution in [-0.2, 0) is 4.74 Å². The minimum absolute atomic E-state index is 0.209. The van der Waals surface area contributed by atoms with Crippen molar-refractivity contribution in [3.8, 4) is 11.5 Å². The summed E-state index contributed by atoms with van der Waals surface area (Å²) in [6.45, 7) is 8.93. The Morgan fingerprint density at radius 3 is 2.61 bits per heavy atom. The molecular formula is C18H24N2O3. The average Bonchev–Trinajstić information content (AvgIpc) is 2.89. The van der Waals surface area contributed by atoms with Crippen LogP contribution in [0.4, 0.5) is 0 Å². The van der Waals surface area contributed by atoms with Crippen LogP contribution in [0.25, 0.3) is 11.5 Å². The zero-order valence-corrected chi connectivity index (χ0v) is 14.2.